The first-order valence-electron chi connectivity index (χ1n) is 10.5. The maximum atomic E-state index is 12.8. The van der Waals surface area contributed by atoms with Gasteiger partial charge in [-0.05, 0) is 62.1 Å². The van der Waals surface area contributed by atoms with Crippen LogP contribution in [0.5, 0.6) is 0 Å². The quantitative estimate of drug-likeness (QED) is 0.552. The summed E-state index contributed by atoms with van der Waals surface area (Å²) in [6, 6.07) is 12.4. The van der Waals surface area contributed by atoms with Crippen molar-refractivity contribution in [2.75, 3.05) is 25.0 Å². The third-order valence-corrected chi connectivity index (χ3v) is 7.89. The largest absolute Gasteiger partial charge is 0.462 e. The molecule has 2 aromatic rings. The number of rotatable bonds is 7. The highest BCUT2D eigenvalue weighted by atomic mass is 79.9. The van der Waals surface area contributed by atoms with Gasteiger partial charge in [-0.3, -0.25) is 4.79 Å². The highest BCUT2D eigenvalue weighted by Gasteiger charge is 2.31. The maximum Gasteiger partial charge on any atom is 0.338 e. The Balaban J connectivity index is 1.60. The molecule has 3 rings (SSSR count). The molecule has 0 atom stereocenters. The average Bonchev–Trinajstić information content (AvgIpc) is 2.75. The minimum atomic E-state index is -3.46. The maximum absolute atomic E-state index is 12.8. The number of halogens is 1. The van der Waals surface area contributed by atoms with Gasteiger partial charge >= 0.3 is 5.97 Å². The summed E-state index contributed by atoms with van der Waals surface area (Å²) in [5, 5.41) is 2.90. The summed E-state index contributed by atoms with van der Waals surface area (Å²) in [7, 11) is -3.46. The number of anilines is 1. The molecular formula is C23H27BrN2O5S. The summed E-state index contributed by atoms with van der Waals surface area (Å²) in [6.45, 7) is 4.38. The molecular weight excluding hydrogens is 496 g/mol. The molecule has 32 heavy (non-hydrogen) atoms. The van der Waals surface area contributed by atoms with Gasteiger partial charge in [0, 0.05) is 29.2 Å². The van der Waals surface area contributed by atoms with Crippen molar-refractivity contribution in [3.05, 3.63) is 63.6 Å². The van der Waals surface area contributed by atoms with Crippen LogP contribution in [-0.2, 0) is 25.3 Å². The summed E-state index contributed by atoms with van der Waals surface area (Å²) < 4.78 is 33.0. The molecule has 1 aliphatic rings. The van der Waals surface area contributed by atoms with Crippen molar-refractivity contribution in [2.45, 2.75) is 32.4 Å². The SMILES string of the molecule is CCOC(=O)c1cccc(NC(=O)C2CCN(S(=O)(=O)Cc3cccc(Br)c3)CC2)c1C. The van der Waals surface area contributed by atoms with Gasteiger partial charge in [-0.15, -0.1) is 0 Å². The highest BCUT2D eigenvalue weighted by Crippen LogP contribution is 2.26. The molecule has 0 unspecified atom stereocenters. The van der Waals surface area contributed by atoms with Crippen LogP contribution in [0.1, 0.15) is 41.3 Å². The summed E-state index contributed by atoms with van der Waals surface area (Å²) >= 11 is 3.36. The molecule has 0 bridgehead atoms. The Hall–Kier alpha value is -2.23. The van der Waals surface area contributed by atoms with Gasteiger partial charge < -0.3 is 10.1 Å². The number of nitrogens with one attached hydrogen (secondary N) is 1. The minimum absolute atomic E-state index is 0.0663. The molecule has 1 N–H and O–H groups in total. The van der Waals surface area contributed by atoms with Crippen LogP contribution in [0, 0.1) is 12.8 Å². The molecule has 1 aliphatic heterocycles. The summed E-state index contributed by atoms with van der Waals surface area (Å²) in [4.78, 5) is 24.9. The van der Waals surface area contributed by atoms with Gasteiger partial charge in [0.15, 0.2) is 0 Å². The van der Waals surface area contributed by atoms with Crippen LogP contribution in [0.3, 0.4) is 0 Å². The van der Waals surface area contributed by atoms with E-state index < -0.39 is 16.0 Å². The Kier molecular flexibility index (Phi) is 8.08. The molecule has 1 fully saturated rings. The fourth-order valence-electron chi connectivity index (χ4n) is 3.76. The van der Waals surface area contributed by atoms with Crippen LogP contribution < -0.4 is 5.32 Å². The molecule has 0 aliphatic carbocycles. The molecule has 172 valence electrons. The number of nitrogens with zero attached hydrogens (tertiary/aromatic N) is 1. The van der Waals surface area contributed by atoms with E-state index >= 15 is 0 Å². The molecule has 7 nitrogen and oxygen atoms in total. The van der Waals surface area contributed by atoms with Gasteiger partial charge in [-0.25, -0.2) is 17.5 Å². The monoisotopic (exact) mass is 522 g/mol. The molecule has 1 saturated heterocycles. The Morgan fingerprint density at radius 1 is 1.16 bits per heavy atom. The van der Waals surface area contributed by atoms with Crippen molar-refractivity contribution in [1.82, 2.24) is 4.31 Å². The van der Waals surface area contributed by atoms with Crippen LogP contribution in [0.15, 0.2) is 46.9 Å². The lowest BCUT2D eigenvalue weighted by Gasteiger charge is -2.30. The van der Waals surface area contributed by atoms with E-state index in [2.05, 4.69) is 21.2 Å². The van der Waals surface area contributed by atoms with Crippen molar-refractivity contribution in [3.63, 3.8) is 0 Å². The second-order valence-corrected chi connectivity index (χ2v) is 10.6. The van der Waals surface area contributed by atoms with Crippen molar-refractivity contribution in [3.8, 4) is 0 Å². The Morgan fingerprint density at radius 3 is 2.50 bits per heavy atom. The third kappa shape index (κ3) is 5.96. The van der Waals surface area contributed by atoms with Crippen LogP contribution in [0.2, 0.25) is 0 Å². The Labute approximate surface area is 197 Å². The number of esters is 1. The van der Waals surface area contributed by atoms with Crippen molar-refractivity contribution >= 4 is 43.5 Å². The van der Waals surface area contributed by atoms with Gasteiger partial charge in [-0.1, -0.05) is 34.1 Å². The van der Waals surface area contributed by atoms with Crippen LogP contribution in [0.4, 0.5) is 5.69 Å². The summed E-state index contributed by atoms with van der Waals surface area (Å²) in [5.74, 6) is -0.954. The Morgan fingerprint density at radius 2 is 1.84 bits per heavy atom. The van der Waals surface area contributed by atoms with Crippen LogP contribution in [0.25, 0.3) is 0 Å². The predicted octanol–water partition coefficient (Wildman–Crippen LogP) is 4.11. The van der Waals surface area contributed by atoms with Crippen LogP contribution >= 0.6 is 15.9 Å². The number of hydrogen-bond acceptors (Lipinski definition) is 5. The number of piperidine rings is 1. The molecule has 1 amide bonds. The smallest absolute Gasteiger partial charge is 0.338 e. The van der Waals surface area contributed by atoms with Crippen molar-refractivity contribution in [1.29, 1.82) is 0 Å². The Bertz CT molecular complexity index is 1100. The van der Waals surface area contributed by atoms with E-state index in [-0.39, 0.29) is 24.2 Å². The van der Waals surface area contributed by atoms with E-state index in [4.69, 9.17) is 4.74 Å². The van der Waals surface area contributed by atoms with E-state index in [9.17, 15) is 18.0 Å². The molecule has 0 radical (unpaired) electrons. The number of amides is 1. The number of ether oxygens (including phenoxy) is 1. The fraction of sp³-hybridized carbons (Fsp3) is 0.391. The summed E-state index contributed by atoms with van der Waals surface area (Å²) in [5.41, 5.74) is 2.34. The number of carbonyl (C=O) groups excluding carboxylic acids is 2. The number of benzene rings is 2. The van der Waals surface area contributed by atoms with E-state index in [0.29, 0.717) is 42.7 Å². The predicted molar refractivity (Wildman–Crippen MR) is 127 cm³/mol. The first kappa shape index (κ1) is 24.4. The van der Waals surface area contributed by atoms with Gasteiger partial charge in [-0.2, -0.15) is 0 Å². The van der Waals surface area contributed by atoms with E-state index in [1.165, 1.54) is 4.31 Å². The first-order chi connectivity index (χ1) is 15.2. The van der Waals surface area contributed by atoms with Crippen LogP contribution in [-0.4, -0.2) is 44.3 Å². The second kappa shape index (κ2) is 10.6. The second-order valence-electron chi connectivity index (χ2n) is 7.75. The molecule has 0 saturated carbocycles. The molecule has 9 heteroatoms. The number of carbonyl (C=O) groups is 2. The highest BCUT2D eigenvalue weighted by molar-refractivity contribution is 9.10. The van der Waals surface area contributed by atoms with Gasteiger partial charge in [0.2, 0.25) is 15.9 Å². The molecule has 0 spiro atoms. The van der Waals surface area contributed by atoms with E-state index in [1.54, 1.807) is 44.2 Å². The lowest BCUT2D eigenvalue weighted by molar-refractivity contribution is -0.120. The van der Waals surface area contributed by atoms with Crippen molar-refractivity contribution < 1.29 is 22.7 Å². The molecule has 1 heterocycles. The lowest BCUT2D eigenvalue weighted by atomic mass is 9.96. The minimum Gasteiger partial charge on any atom is -0.462 e. The molecule has 0 aromatic heterocycles. The zero-order chi connectivity index (χ0) is 23.3. The summed E-state index contributed by atoms with van der Waals surface area (Å²) in [6.07, 6.45) is 0.889. The lowest BCUT2D eigenvalue weighted by Crippen LogP contribution is -2.42. The van der Waals surface area contributed by atoms with Gasteiger partial charge in [0.05, 0.1) is 17.9 Å². The zero-order valence-corrected chi connectivity index (χ0v) is 20.5. The normalized spacial score (nSPS) is 15.3. The topological polar surface area (TPSA) is 92.8 Å². The van der Waals surface area contributed by atoms with E-state index in [1.807, 2.05) is 12.1 Å². The number of sulfonamides is 1. The van der Waals surface area contributed by atoms with Gasteiger partial charge in [0.25, 0.3) is 0 Å². The molecule has 2 aromatic carbocycles. The van der Waals surface area contributed by atoms with E-state index in [0.717, 1.165) is 10.0 Å². The standard InChI is InChI=1S/C23H27BrN2O5S/c1-3-31-23(28)20-8-5-9-21(16(20)2)25-22(27)18-10-12-26(13-11-18)32(29,30)15-17-6-4-7-19(24)14-17/h4-9,14,18H,3,10-13,15H2,1-2H3,(H,25,27). The zero-order valence-electron chi connectivity index (χ0n) is 18.1. The average molecular weight is 523 g/mol. The first-order valence-corrected chi connectivity index (χ1v) is 12.9. The van der Waals surface area contributed by atoms with Gasteiger partial charge in [0.1, 0.15) is 0 Å². The third-order valence-electron chi connectivity index (χ3n) is 5.54. The number of hydrogen-bond donors (Lipinski definition) is 1. The fourth-order valence-corrected chi connectivity index (χ4v) is 5.76. The van der Waals surface area contributed by atoms with Crippen molar-refractivity contribution in [2.24, 2.45) is 5.92 Å².